The zero-order valence-corrected chi connectivity index (χ0v) is 10.4. The smallest absolute Gasteiger partial charge is 0.300 e. The molecular weight excluding hydrogens is 236 g/mol. The Morgan fingerprint density at radius 3 is 2.78 bits per heavy atom. The molecule has 0 unspecified atom stereocenters. The van der Waals surface area contributed by atoms with Crippen LogP contribution >= 0.6 is 0 Å². The molecule has 4 N–H and O–H groups in total. The molecule has 0 aliphatic carbocycles. The molecule has 0 bridgehead atoms. The molecule has 1 heterocycles. The van der Waals surface area contributed by atoms with Crippen LogP contribution in [0.2, 0.25) is 0 Å². The maximum absolute atomic E-state index is 11.4. The van der Waals surface area contributed by atoms with E-state index in [1.165, 1.54) is 4.57 Å². The largest absolute Gasteiger partial charge is 0.328 e. The van der Waals surface area contributed by atoms with Gasteiger partial charge in [0.25, 0.3) is 5.56 Å². The number of unbranched alkanes of at least 4 members (excludes halogenated alkanes) is 2. The number of aromatic nitrogens is 2. The summed E-state index contributed by atoms with van der Waals surface area (Å²) in [5.74, 6) is 4.76. The molecule has 0 aromatic carbocycles. The van der Waals surface area contributed by atoms with Gasteiger partial charge >= 0.3 is 5.69 Å². The summed E-state index contributed by atoms with van der Waals surface area (Å²) in [5.41, 5.74) is 1.82. The Morgan fingerprint density at radius 2 is 2.11 bits per heavy atom. The van der Waals surface area contributed by atoms with Gasteiger partial charge in [0, 0.05) is 24.7 Å². The van der Waals surface area contributed by atoms with Crippen molar-refractivity contribution in [3.63, 3.8) is 0 Å². The summed E-state index contributed by atoms with van der Waals surface area (Å²) in [5, 5.41) is 0. The first-order chi connectivity index (χ1) is 8.54. The molecule has 100 valence electrons. The summed E-state index contributed by atoms with van der Waals surface area (Å²) in [6, 6.07) is 0. The lowest BCUT2D eigenvalue weighted by Crippen LogP contribution is -2.31. The molecule has 1 aromatic heterocycles. The minimum Gasteiger partial charge on any atom is -0.300 e. The van der Waals surface area contributed by atoms with Crippen molar-refractivity contribution in [1.82, 2.24) is 15.0 Å². The number of amides is 1. The van der Waals surface area contributed by atoms with E-state index in [1.807, 2.05) is 0 Å². The number of carbonyl (C=O) groups excluding carboxylic acids is 1. The Kier molecular flexibility index (Phi) is 5.31. The average Bonchev–Trinajstić information content (AvgIpc) is 2.34. The van der Waals surface area contributed by atoms with Gasteiger partial charge in [-0.25, -0.2) is 10.6 Å². The highest BCUT2D eigenvalue weighted by atomic mass is 16.2. The third-order valence-corrected chi connectivity index (χ3v) is 2.65. The molecule has 0 aliphatic rings. The maximum Gasteiger partial charge on any atom is 0.328 e. The molecular formula is C11H18N4O3. The van der Waals surface area contributed by atoms with Gasteiger partial charge in [0.2, 0.25) is 5.91 Å². The standard InChI is InChI=1S/C11H18N4O3/c1-8-7-15(11(18)13-10(8)17)6-4-2-3-5-9(16)14-12/h7H,2-6,12H2,1H3,(H,14,16)(H,13,17,18). The second-order valence-corrected chi connectivity index (χ2v) is 4.14. The van der Waals surface area contributed by atoms with Crippen LogP contribution in [0.1, 0.15) is 31.2 Å². The van der Waals surface area contributed by atoms with Gasteiger partial charge in [0.1, 0.15) is 0 Å². The van der Waals surface area contributed by atoms with Crippen LogP contribution in [-0.4, -0.2) is 15.5 Å². The molecule has 7 nitrogen and oxygen atoms in total. The van der Waals surface area contributed by atoms with E-state index >= 15 is 0 Å². The van der Waals surface area contributed by atoms with Gasteiger partial charge in [0.05, 0.1) is 0 Å². The SMILES string of the molecule is Cc1cn(CCCCCC(=O)NN)c(=O)[nH]c1=O. The van der Waals surface area contributed by atoms with Gasteiger partial charge in [0.15, 0.2) is 0 Å². The van der Waals surface area contributed by atoms with Crippen LogP contribution in [0.4, 0.5) is 0 Å². The van der Waals surface area contributed by atoms with Gasteiger partial charge in [-0.2, -0.15) is 0 Å². The third kappa shape index (κ3) is 4.17. The molecule has 0 saturated carbocycles. The van der Waals surface area contributed by atoms with Crippen molar-refractivity contribution in [2.24, 2.45) is 5.84 Å². The van der Waals surface area contributed by atoms with Gasteiger partial charge in [-0.05, 0) is 19.8 Å². The predicted octanol–water partition coefficient (Wildman–Crippen LogP) is -0.605. The molecule has 0 atom stereocenters. The van der Waals surface area contributed by atoms with E-state index in [-0.39, 0.29) is 11.5 Å². The van der Waals surface area contributed by atoms with Gasteiger partial charge < -0.3 is 4.57 Å². The van der Waals surface area contributed by atoms with Gasteiger partial charge in [-0.3, -0.25) is 20.0 Å². The minimum atomic E-state index is -0.398. The number of rotatable bonds is 6. The van der Waals surface area contributed by atoms with Crippen molar-refractivity contribution >= 4 is 5.91 Å². The fourth-order valence-corrected chi connectivity index (χ4v) is 1.60. The lowest BCUT2D eigenvalue weighted by atomic mass is 10.2. The number of nitrogens with two attached hydrogens (primary N) is 1. The summed E-state index contributed by atoms with van der Waals surface area (Å²) < 4.78 is 1.47. The summed E-state index contributed by atoms with van der Waals surface area (Å²) >= 11 is 0. The number of H-pyrrole nitrogens is 1. The van der Waals surface area contributed by atoms with E-state index in [1.54, 1.807) is 13.1 Å². The van der Waals surface area contributed by atoms with Crippen molar-refractivity contribution in [3.8, 4) is 0 Å². The number of aryl methyl sites for hydroxylation is 2. The van der Waals surface area contributed by atoms with E-state index in [4.69, 9.17) is 5.84 Å². The zero-order chi connectivity index (χ0) is 13.5. The van der Waals surface area contributed by atoms with E-state index < -0.39 is 5.69 Å². The molecule has 0 aliphatic heterocycles. The highest BCUT2D eigenvalue weighted by molar-refractivity contribution is 5.74. The normalized spacial score (nSPS) is 10.3. The summed E-state index contributed by atoms with van der Waals surface area (Å²) in [4.78, 5) is 35.7. The molecule has 7 heteroatoms. The Hall–Kier alpha value is -1.89. The fraction of sp³-hybridized carbons (Fsp3) is 0.545. The Balaban J connectivity index is 2.40. The van der Waals surface area contributed by atoms with Crippen molar-refractivity contribution in [1.29, 1.82) is 0 Å². The van der Waals surface area contributed by atoms with Crippen LogP contribution < -0.4 is 22.5 Å². The lowest BCUT2D eigenvalue weighted by molar-refractivity contribution is -0.121. The summed E-state index contributed by atoms with van der Waals surface area (Å²) in [7, 11) is 0. The van der Waals surface area contributed by atoms with E-state index in [0.717, 1.165) is 19.3 Å². The minimum absolute atomic E-state index is 0.188. The Morgan fingerprint density at radius 1 is 1.39 bits per heavy atom. The summed E-state index contributed by atoms with van der Waals surface area (Å²) in [6.45, 7) is 2.18. The van der Waals surface area contributed by atoms with Crippen LogP contribution in [0.15, 0.2) is 15.8 Å². The molecule has 0 fully saturated rings. The van der Waals surface area contributed by atoms with Gasteiger partial charge in [-0.15, -0.1) is 0 Å². The highest BCUT2D eigenvalue weighted by Crippen LogP contribution is 2.01. The van der Waals surface area contributed by atoms with Crippen LogP contribution in [0.25, 0.3) is 0 Å². The first-order valence-corrected chi connectivity index (χ1v) is 5.84. The number of carbonyl (C=O) groups is 1. The van der Waals surface area contributed by atoms with Crippen molar-refractivity contribution in [2.45, 2.75) is 39.2 Å². The Bertz CT molecular complexity index is 518. The van der Waals surface area contributed by atoms with Crippen LogP contribution in [0.5, 0.6) is 0 Å². The molecule has 0 saturated heterocycles. The van der Waals surface area contributed by atoms with Crippen LogP contribution in [0, 0.1) is 6.92 Å². The number of aromatic amines is 1. The highest BCUT2D eigenvalue weighted by Gasteiger charge is 2.01. The fourth-order valence-electron chi connectivity index (χ4n) is 1.60. The quantitative estimate of drug-likeness (QED) is 0.272. The maximum atomic E-state index is 11.4. The average molecular weight is 254 g/mol. The molecule has 0 spiro atoms. The summed E-state index contributed by atoms with van der Waals surface area (Å²) in [6.07, 6.45) is 4.24. The van der Waals surface area contributed by atoms with Crippen molar-refractivity contribution in [2.75, 3.05) is 0 Å². The molecule has 1 rings (SSSR count). The van der Waals surface area contributed by atoms with Crippen molar-refractivity contribution in [3.05, 3.63) is 32.6 Å². The van der Waals surface area contributed by atoms with E-state index in [0.29, 0.717) is 18.5 Å². The van der Waals surface area contributed by atoms with E-state index in [9.17, 15) is 14.4 Å². The number of hydrazine groups is 1. The topological polar surface area (TPSA) is 110 Å². The molecule has 1 aromatic rings. The first-order valence-electron chi connectivity index (χ1n) is 5.84. The third-order valence-electron chi connectivity index (χ3n) is 2.65. The number of nitrogens with one attached hydrogen (secondary N) is 2. The first kappa shape index (κ1) is 14.2. The molecule has 0 radical (unpaired) electrons. The molecule has 18 heavy (non-hydrogen) atoms. The predicted molar refractivity (Wildman–Crippen MR) is 66.9 cm³/mol. The Labute approximate surface area is 104 Å². The molecule has 1 amide bonds. The van der Waals surface area contributed by atoms with E-state index in [2.05, 4.69) is 10.4 Å². The second kappa shape index (κ2) is 6.75. The lowest BCUT2D eigenvalue weighted by Gasteiger charge is -2.05. The zero-order valence-electron chi connectivity index (χ0n) is 10.4. The second-order valence-electron chi connectivity index (χ2n) is 4.14. The number of hydrogen-bond acceptors (Lipinski definition) is 4. The monoisotopic (exact) mass is 254 g/mol. The number of nitrogens with zero attached hydrogens (tertiary/aromatic N) is 1. The van der Waals surface area contributed by atoms with Crippen LogP contribution in [0.3, 0.4) is 0 Å². The van der Waals surface area contributed by atoms with Gasteiger partial charge in [-0.1, -0.05) is 6.42 Å². The number of hydrogen-bond donors (Lipinski definition) is 3. The van der Waals surface area contributed by atoms with Crippen LogP contribution in [-0.2, 0) is 11.3 Å². The van der Waals surface area contributed by atoms with Crippen molar-refractivity contribution < 1.29 is 4.79 Å².